The van der Waals surface area contributed by atoms with E-state index in [1.54, 1.807) is 24.3 Å². The van der Waals surface area contributed by atoms with E-state index in [1.165, 1.54) is 0 Å². The zero-order valence-corrected chi connectivity index (χ0v) is 14.5. The van der Waals surface area contributed by atoms with Crippen molar-refractivity contribution in [2.45, 2.75) is 26.3 Å². The number of hydrogen-bond donors (Lipinski definition) is 4. The summed E-state index contributed by atoms with van der Waals surface area (Å²) < 4.78 is 0. The Morgan fingerprint density at radius 3 is 2.40 bits per heavy atom. The van der Waals surface area contributed by atoms with Crippen molar-refractivity contribution in [1.29, 1.82) is 0 Å². The molecule has 0 aliphatic rings. The lowest BCUT2D eigenvalue weighted by atomic mass is 10.1. The second kappa shape index (κ2) is 8.73. The number of hydrogen-bond acceptors (Lipinski definition) is 3. The summed E-state index contributed by atoms with van der Waals surface area (Å²) in [5, 5.41) is 8.32. The van der Waals surface area contributed by atoms with E-state index in [1.807, 2.05) is 38.1 Å². The SMILES string of the molecule is CC(C)NC(=O)Nc1ccccc1C(=O)NCCc1ccc(N)cc1. The van der Waals surface area contributed by atoms with Gasteiger partial charge in [0.05, 0.1) is 11.3 Å². The Morgan fingerprint density at radius 2 is 1.72 bits per heavy atom. The van der Waals surface area contributed by atoms with E-state index >= 15 is 0 Å². The zero-order chi connectivity index (χ0) is 18.2. The molecule has 0 aliphatic carbocycles. The average molecular weight is 340 g/mol. The Morgan fingerprint density at radius 1 is 1.04 bits per heavy atom. The Bertz CT molecular complexity index is 726. The van der Waals surface area contributed by atoms with Crippen LogP contribution < -0.4 is 21.7 Å². The fourth-order valence-electron chi connectivity index (χ4n) is 2.31. The van der Waals surface area contributed by atoms with Crippen LogP contribution in [-0.4, -0.2) is 24.5 Å². The summed E-state index contributed by atoms with van der Waals surface area (Å²) in [6.45, 7) is 4.24. The third-order valence-electron chi connectivity index (χ3n) is 3.52. The van der Waals surface area contributed by atoms with Gasteiger partial charge in [0, 0.05) is 18.3 Å². The lowest BCUT2D eigenvalue weighted by Gasteiger charge is -2.13. The minimum atomic E-state index is -0.336. The van der Waals surface area contributed by atoms with Crippen molar-refractivity contribution in [3.63, 3.8) is 0 Å². The fourth-order valence-corrected chi connectivity index (χ4v) is 2.31. The highest BCUT2D eigenvalue weighted by atomic mass is 16.2. The molecule has 0 fully saturated rings. The van der Waals surface area contributed by atoms with Gasteiger partial charge in [-0.15, -0.1) is 0 Å². The number of urea groups is 1. The van der Waals surface area contributed by atoms with E-state index < -0.39 is 0 Å². The number of para-hydroxylation sites is 1. The van der Waals surface area contributed by atoms with Gasteiger partial charge in [-0.25, -0.2) is 4.79 Å². The monoisotopic (exact) mass is 340 g/mol. The molecule has 0 saturated carbocycles. The van der Waals surface area contributed by atoms with Crippen molar-refractivity contribution >= 4 is 23.3 Å². The molecule has 0 aliphatic heterocycles. The summed E-state index contributed by atoms with van der Waals surface area (Å²) in [6, 6.07) is 14.2. The summed E-state index contributed by atoms with van der Waals surface area (Å²) in [5.41, 5.74) is 8.37. The van der Waals surface area contributed by atoms with Gasteiger partial charge < -0.3 is 21.7 Å². The van der Waals surface area contributed by atoms with E-state index in [0.717, 1.165) is 5.56 Å². The summed E-state index contributed by atoms with van der Waals surface area (Å²) in [7, 11) is 0. The van der Waals surface area contributed by atoms with Crippen LogP contribution in [0.5, 0.6) is 0 Å². The van der Waals surface area contributed by atoms with Crippen LogP contribution in [0.2, 0.25) is 0 Å². The highest BCUT2D eigenvalue weighted by molar-refractivity contribution is 6.03. The lowest BCUT2D eigenvalue weighted by Crippen LogP contribution is -2.35. The number of nitrogen functional groups attached to an aromatic ring is 1. The van der Waals surface area contributed by atoms with Gasteiger partial charge in [0.15, 0.2) is 0 Å². The number of carbonyl (C=O) groups is 2. The van der Waals surface area contributed by atoms with Crippen LogP contribution >= 0.6 is 0 Å². The maximum atomic E-state index is 12.4. The first-order valence-electron chi connectivity index (χ1n) is 8.25. The number of nitrogens with two attached hydrogens (primary N) is 1. The minimum absolute atomic E-state index is 0.0147. The van der Waals surface area contributed by atoms with Gasteiger partial charge in [-0.3, -0.25) is 4.79 Å². The topological polar surface area (TPSA) is 96.2 Å². The largest absolute Gasteiger partial charge is 0.399 e. The first-order valence-corrected chi connectivity index (χ1v) is 8.25. The Balaban J connectivity index is 1.94. The molecular weight excluding hydrogens is 316 g/mol. The second-order valence-corrected chi connectivity index (χ2v) is 6.05. The van der Waals surface area contributed by atoms with Gasteiger partial charge in [0.25, 0.3) is 5.91 Å². The average Bonchev–Trinajstić information content (AvgIpc) is 2.56. The second-order valence-electron chi connectivity index (χ2n) is 6.05. The van der Waals surface area contributed by atoms with Crippen molar-refractivity contribution in [3.8, 4) is 0 Å². The fraction of sp³-hybridized carbons (Fsp3) is 0.263. The van der Waals surface area contributed by atoms with Crippen LogP contribution in [0.15, 0.2) is 48.5 Å². The van der Waals surface area contributed by atoms with Gasteiger partial charge in [0.1, 0.15) is 0 Å². The molecule has 6 heteroatoms. The standard InChI is InChI=1S/C19H24N4O2/c1-13(2)22-19(25)23-17-6-4-3-5-16(17)18(24)21-12-11-14-7-9-15(20)10-8-14/h3-10,13H,11-12,20H2,1-2H3,(H,21,24)(H2,22,23,25). The summed E-state index contributed by atoms with van der Waals surface area (Å²) in [4.78, 5) is 24.3. The van der Waals surface area contributed by atoms with Crippen LogP contribution in [0.4, 0.5) is 16.2 Å². The molecule has 2 rings (SSSR count). The van der Waals surface area contributed by atoms with Crippen LogP contribution in [0, 0.1) is 0 Å². The highest BCUT2D eigenvalue weighted by Gasteiger charge is 2.13. The Kier molecular flexibility index (Phi) is 6.39. The first-order chi connectivity index (χ1) is 12.0. The Labute approximate surface area is 147 Å². The molecule has 2 aromatic rings. The van der Waals surface area contributed by atoms with Crippen LogP contribution in [0.3, 0.4) is 0 Å². The zero-order valence-electron chi connectivity index (χ0n) is 14.5. The first kappa shape index (κ1) is 18.3. The number of carbonyl (C=O) groups excluding carboxylic acids is 2. The van der Waals surface area contributed by atoms with Crippen molar-refractivity contribution in [3.05, 3.63) is 59.7 Å². The summed E-state index contributed by atoms with van der Waals surface area (Å²) in [6.07, 6.45) is 0.704. The number of rotatable bonds is 6. The predicted molar refractivity (Wildman–Crippen MR) is 101 cm³/mol. The van der Waals surface area contributed by atoms with Gasteiger partial charge in [0.2, 0.25) is 0 Å². The van der Waals surface area contributed by atoms with Crippen molar-refractivity contribution in [2.24, 2.45) is 0 Å². The summed E-state index contributed by atoms with van der Waals surface area (Å²) >= 11 is 0. The molecule has 3 amide bonds. The van der Waals surface area contributed by atoms with Crippen molar-refractivity contribution < 1.29 is 9.59 Å². The highest BCUT2D eigenvalue weighted by Crippen LogP contribution is 2.15. The van der Waals surface area contributed by atoms with Crippen LogP contribution in [-0.2, 0) is 6.42 Å². The molecule has 0 unspecified atom stereocenters. The normalized spacial score (nSPS) is 10.4. The number of benzene rings is 2. The van der Waals surface area contributed by atoms with E-state index in [0.29, 0.717) is 29.9 Å². The van der Waals surface area contributed by atoms with Crippen molar-refractivity contribution in [2.75, 3.05) is 17.6 Å². The molecule has 0 aromatic heterocycles. The molecule has 132 valence electrons. The molecule has 0 atom stereocenters. The van der Waals surface area contributed by atoms with E-state index in [-0.39, 0.29) is 18.0 Å². The van der Waals surface area contributed by atoms with Gasteiger partial charge in [-0.2, -0.15) is 0 Å². The minimum Gasteiger partial charge on any atom is -0.399 e. The molecule has 0 bridgehead atoms. The number of nitrogens with one attached hydrogen (secondary N) is 3. The molecular formula is C19H24N4O2. The molecule has 0 heterocycles. The molecule has 25 heavy (non-hydrogen) atoms. The molecule has 0 saturated heterocycles. The van der Waals surface area contributed by atoms with E-state index in [4.69, 9.17) is 5.73 Å². The maximum Gasteiger partial charge on any atom is 0.319 e. The number of amides is 3. The third-order valence-corrected chi connectivity index (χ3v) is 3.52. The molecule has 2 aromatic carbocycles. The molecule has 0 spiro atoms. The smallest absolute Gasteiger partial charge is 0.319 e. The third kappa shape index (κ3) is 5.84. The predicted octanol–water partition coefficient (Wildman–Crippen LogP) is 2.77. The van der Waals surface area contributed by atoms with Gasteiger partial charge in [-0.1, -0.05) is 24.3 Å². The lowest BCUT2D eigenvalue weighted by molar-refractivity contribution is 0.0955. The number of anilines is 2. The quantitative estimate of drug-likeness (QED) is 0.609. The van der Waals surface area contributed by atoms with Gasteiger partial charge in [-0.05, 0) is 50.1 Å². The van der Waals surface area contributed by atoms with E-state index in [2.05, 4.69) is 16.0 Å². The summed E-state index contributed by atoms with van der Waals surface area (Å²) in [5.74, 6) is -0.226. The molecule has 0 radical (unpaired) electrons. The maximum absolute atomic E-state index is 12.4. The Hall–Kier alpha value is -3.02. The van der Waals surface area contributed by atoms with Crippen LogP contribution in [0.25, 0.3) is 0 Å². The molecule has 6 nitrogen and oxygen atoms in total. The van der Waals surface area contributed by atoms with Gasteiger partial charge >= 0.3 is 6.03 Å². The van der Waals surface area contributed by atoms with Crippen LogP contribution in [0.1, 0.15) is 29.8 Å². The molecule has 5 N–H and O–H groups in total. The van der Waals surface area contributed by atoms with E-state index in [9.17, 15) is 9.59 Å². The van der Waals surface area contributed by atoms with Crippen molar-refractivity contribution in [1.82, 2.24) is 10.6 Å².